The minimum absolute atomic E-state index is 0.0157. The lowest BCUT2D eigenvalue weighted by molar-refractivity contribution is -0.140. The summed E-state index contributed by atoms with van der Waals surface area (Å²) in [5.74, 6) is 8.88. The third-order valence-corrected chi connectivity index (χ3v) is 4.96. The molecule has 3 rings (SSSR count). The number of rotatable bonds is 4. The lowest BCUT2D eigenvalue weighted by Crippen LogP contribution is -2.07. The van der Waals surface area contributed by atoms with Crippen molar-refractivity contribution in [2.75, 3.05) is 0 Å². The summed E-state index contributed by atoms with van der Waals surface area (Å²) in [6.07, 6.45) is -0.208. The van der Waals surface area contributed by atoms with Crippen molar-refractivity contribution in [2.45, 2.75) is 38.8 Å². The van der Waals surface area contributed by atoms with Crippen molar-refractivity contribution in [3.8, 4) is 23.7 Å². The molecule has 0 saturated heterocycles. The number of hydrogen-bond acceptors (Lipinski definition) is 0. The highest BCUT2D eigenvalue weighted by Gasteiger charge is 2.33. The molecule has 0 aliphatic carbocycles. The highest BCUT2D eigenvalue weighted by atomic mass is 19.4. The van der Waals surface area contributed by atoms with Gasteiger partial charge in [0.1, 0.15) is 11.6 Å². The Morgan fingerprint density at radius 1 is 0.667 bits per heavy atom. The molecule has 0 radical (unpaired) electrons. The number of aryl methyl sites for hydroxylation is 1. The van der Waals surface area contributed by atoms with Gasteiger partial charge in [-0.3, -0.25) is 0 Å². The predicted molar refractivity (Wildman–Crippen MR) is 119 cm³/mol. The molecule has 3 aromatic carbocycles. The Morgan fingerprint density at radius 3 is 1.85 bits per heavy atom. The molecule has 0 unspecified atom stereocenters. The smallest absolute Gasteiger partial charge is 0.206 e. The van der Waals surface area contributed by atoms with Gasteiger partial charge in [0.2, 0.25) is 0 Å². The first-order valence-electron chi connectivity index (χ1n) is 10.6. The summed E-state index contributed by atoms with van der Waals surface area (Å²) in [5, 5.41) is 0. The van der Waals surface area contributed by atoms with Gasteiger partial charge in [0.25, 0.3) is 0 Å². The molecule has 0 aliphatic heterocycles. The highest BCUT2D eigenvalue weighted by molar-refractivity contribution is 5.49. The maximum atomic E-state index is 14.4. The van der Waals surface area contributed by atoms with Crippen LogP contribution in [-0.2, 0) is 12.6 Å². The average molecular weight is 452 g/mol. The first-order valence-corrected chi connectivity index (χ1v) is 10.6. The SMILES string of the molecule is CCCCCc1ccc(C#Cc2ccc(C#Cc3ccc(C(F)(F)F)c(F)c3)c(F)c2)cc1. The van der Waals surface area contributed by atoms with Crippen molar-refractivity contribution < 1.29 is 22.0 Å². The quantitative estimate of drug-likeness (QED) is 0.218. The zero-order valence-corrected chi connectivity index (χ0v) is 18.0. The molecule has 0 aliphatic rings. The normalized spacial score (nSPS) is 10.7. The number of alkyl halides is 3. The van der Waals surface area contributed by atoms with Crippen molar-refractivity contribution >= 4 is 0 Å². The van der Waals surface area contributed by atoms with Crippen LogP contribution in [0.5, 0.6) is 0 Å². The van der Waals surface area contributed by atoms with Crippen molar-refractivity contribution in [3.63, 3.8) is 0 Å². The molecule has 0 bridgehead atoms. The molecule has 0 fully saturated rings. The van der Waals surface area contributed by atoms with Gasteiger partial charge >= 0.3 is 6.18 Å². The van der Waals surface area contributed by atoms with Crippen LogP contribution in [-0.4, -0.2) is 0 Å². The molecule has 33 heavy (non-hydrogen) atoms. The second-order valence-corrected chi connectivity index (χ2v) is 7.54. The first-order chi connectivity index (χ1) is 15.8. The summed E-state index contributed by atoms with van der Waals surface area (Å²) in [4.78, 5) is 0. The fraction of sp³-hybridized carbons (Fsp3) is 0.214. The Hall–Kier alpha value is -3.57. The Labute approximate surface area is 190 Å². The largest absolute Gasteiger partial charge is 0.419 e. The summed E-state index contributed by atoms with van der Waals surface area (Å²) < 4.78 is 65.9. The molecule has 168 valence electrons. The van der Waals surface area contributed by atoms with E-state index < -0.39 is 23.4 Å². The van der Waals surface area contributed by atoms with E-state index in [0.717, 1.165) is 24.5 Å². The third-order valence-electron chi connectivity index (χ3n) is 4.96. The summed E-state index contributed by atoms with van der Waals surface area (Å²) in [6.45, 7) is 2.17. The van der Waals surface area contributed by atoms with E-state index in [1.165, 1.54) is 30.5 Å². The Kier molecular flexibility index (Phi) is 7.91. The second-order valence-electron chi connectivity index (χ2n) is 7.54. The van der Waals surface area contributed by atoms with Gasteiger partial charge in [-0.1, -0.05) is 55.6 Å². The summed E-state index contributed by atoms with van der Waals surface area (Å²) in [6, 6.07) is 14.6. The molecule has 0 heterocycles. The predicted octanol–water partition coefficient (Wildman–Crippen LogP) is 7.52. The van der Waals surface area contributed by atoms with Crippen LogP contribution in [0.25, 0.3) is 0 Å². The van der Waals surface area contributed by atoms with E-state index in [2.05, 4.69) is 30.6 Å². The van der Waals surface area contributed by atoms with Gasteiger partial charge in [-0.25, -0.2) is 8.78 Å². The van der Waals surface area contributed by atoms with Crippen LogP contribution in [0.1, 0.15) is 59.6 Å². The molecule has 0 saturated carbocycles. The molecule has 0 aromatic heterocycles. The van der Waals surface area contributed by atoms with Gasteiger partial charge in [-0.2, -0.15) is 13.2 Å². The van der Waals surface area contributed by atoms with Gasteiger partial charge in [-0.15, -0.1) is 0 Å². The lowest BCUT2D eigenvalue weighted by Gasteiger charge is -2.07. The third kappa shape index (κ3) is 6.96. The van der Waals surface area contributed by atoms with E-state index in [9.17, 15) is 22.0 Å². The zero-order valence-electron chi connectivity index (χ0n) is 18.0. The highest BCUT2D eigenvalue weighted by Crippen LogP contribution is 2.31. The van der Waals surface area contributed by atoms with Crippen LogP contribution in [0.2, 0.25) is 0 Å². The van der Waals surface area contributed by atoms with E-state index in [1.807, 2.05) is 24.3 Å². The molecular formula is C28H21F5. The summed E-state index contributed by atoms with van der Waals surface area (Å²) in [5.41, 5.74) is 1.23. The average Bonchev–Trinajstić information content (AvgIpc) is 2.77. The van der Waals surface area contributed by atoms with Crippen LogP contribution in [0.15, 0.2) is 60.7 Å². The molecule has 0 spiro atoms. The Balaban J connectivity index is 1.70. The Bertz CT molecular complexity index is 1230. The van der Waals surface area contributed by atoms with Crippen LogP contribution >= 0.6 is 0 Å². The van der Waals surface area contributed by atoms with Crippen molar-refractivity contribution in [1.82, 2.24) is 0 Å². The molecule has 0 amide bonds. The van der Waals surface area contributed by atoms with E-state index in [4.69, 9.17) is 0 Å². The minimum Gasteiger partial charge on any atom is -0.206 e. The van der Waals surface area contributed by atoms with E-state index >= 15 is 0 Å². The van der Waals surface area contributed by atoms with Crippen LogP contribution < -0.4 is 0 Å². The van der Waals surface area contributed by atoms with Gasteiger partial charge in [-0.05, 0) is 66.9 Å². The van der Waals surface area contributed by atoms with Gasteiger partial charge in [0.15, 0.2) is 0 Å². The monoisotopic (exact) mass is 452 g/mol. The lowest BCUT2D eigenvalue weighted by atomic mass is 10.1. The second kappa shape index (κ2) is 10.8. The zero-order chi connectivity index (χ0) is 23.8. The molecule has 0 N–H and O–H groups in total. The standard InChI is InChI=1S/C28H21F5/c1-2-3-4-5-20-6-8-21(9-7-20)10-11-22-12-15-24(26(29)18-22)16-13-23-14-17-25(27(30)19-23)28(31,32)33/h6-9,12,14-15,17-19H,2-5H2,1H3. The minimum atomic E-state index is -4.78. The maximum absolute atomic E-state index is 14.4. The number of hydrogen-bond donors (Lipinski definition) is 0. The topological polar surface area (TPSA) is 0 Å². The Morgan fingerprint density at radius 2 is 1.24 bits per heavy atom. The summed E-state index contributed by atoms with van der Waals surface area (Å²) in [7, 11) is 0. The van der Waals surface area contributed by atoms with Crippen molar-refractivity contribution in [2.24, 2.45) is 0 Å². The van der Waals surface area contributed by atoms with Gasteiger partial charge in [0.05, 0.1) is 11.1 Å². The fourth-order valence-electron chi connectivity index (χ4n) is 3.13. The maximum Gasteiger partial charge on any atom is 0.419 e. The molecule has 0 nitrogen and oxygen atoms in total. The van der Waals surface area contributed by atoms with Gasteiger partial charge < -0.3 is 0 Å². The molecular weight excluding hydrogens is 431 g/mol. The summed E-state index contributed by atoms with van der Waals surface area (Å²) >= 11 is 0. The van der Waals surface area contributed by atoms with E-state index in [0.29, 0.717) is 17.7 Å². The van der Waals surface area contributed by atoms with E-state index in [-0.39, 0.29) is 11.1 Å². The van der Waals surface area contributed by atoms with Crippen LogP contribution in [0.4, 0.5) is 22.0 Å². The van der Waals surface area contributed by atoms with Crippen molar-refractivity contribution in [3.05, 3.63) is 106 Å². The van der Waals surface area contributed by atoms with Crippen LogP contribution in [0.3, 0.4) is 0 Å². The number of halogens is 5. The molecule has 5 heteroatoms. The van der Waals surface area contributed by atoms with E-state index in [1.54, 1.807) is 6.07 Å². The number of unbranched alkanes of at least 4 members (excludes halogenated alkanes) is 2. The first kappa shape index (κ1) is 24.1. The van der Waals surface area contributed by atoms with Gasteiger partial charge in [0, 0.05) is 16.7 Å². The fourth-order valence-corrected chi connectivity index (χ4v) is 3.13. The number of benzene rings is 3. The molecule has 0 atom stereocenters. The van der Waals surface area contributed by atoms with Crippen molar-refractivity contribution in [1.29, 1.82) is 0 Å². The molecule has 3 aromatic rings. The van der Waals surface area contributed by atoms with Crippen LogP contribution in [0, 0.1) is 35.3 Å².